The summed E-state index contributed by atoms with van der Waals surface area (Å²) in [4.78, 5) is 24.4. The molecule has 0 fully saturated rings. The molecule has 9 nitrogen and oxygen atoms in total. The van der Waals surface area contributed by atoms with Gasteiger partial charge in [-0.15, -0.1) is 0 Å². The molecule has 1 aliphatic heterocycles. The zero-order valence-corrected chi connectivity index (χ0v) is 15.8. The van der Waals surface area contributed by atoms with E-state index in [2.05, 4.69) is 8.92 Å². The van der Waals surface area contributed by atoms with Gasteiger partial charge in [0, 0.05) is 5.56 Å². The van der Waals surface area contributed by atoms with Gasteiger partial charge in [-0.05, 0) is 6.07 Å². The Balaban J connectivity index is 2.77. The zero-order chi connectivity index (χ0) is 22.0. The van der Waals surface area contributed by atoms with Gasteiger partial charge in [-0.3, -0.25) is 0 Å². The number of cyclic esters (lactones) is 1. The first-order valence-electron chi connectivity index (χ1n) is 7.46. The average Bonchev–Trinajstić information content (AvgIpc) is 2.95. The van der Waals surface area contributed by atoms with Crippen molar-refractivity contribution < 1.29 is 54.3 Å². The topological polar surface area (TPSA) is 114 Å². The van der Waals surface area contributed by atoms with Gasteiger partial charge in [0.25, 0.3) is 5.76 Å². The van der Waals surface area contributed by atoms with Gasteiger partial charge in [-0.1, -0.05) is 18.2 Å². The van der Waals surface area contributed by atoms with Gasteiger partial charge < -0.3 is 23.1 Å². The van der Waals surface area contributed by atoms with Crippen LogP contribution in [0.15, 0.2) is 41.5 Å². The molecular formula is C16H13F3O9S. The van der Waals surface area contributed by atoms with Crippen molar-refractivity contribution in [3.63, 3.8) is 0 Å². The summed E-state index contributed by atoms with van der Waals surface area (Å²) in [5.41, 5.74) is -6.27. The molecule has 29 heavy (non-hydrogen) atoms. The van der Waals surface area contributed by atoms with E-state index in [1.807, 2.05) is 0 Å². The molecule has 0 radical (unpaired) electrons. The van der Waals surface area contributed by atoms with E-state index in [4.69, 9.17) is 14.2 Å². The number of hydrogen-bond acceptors (Lipinski definition) is 9. The Kier molecular flexibility index (Phi) is 6.11. The normalized spacial score (nSPS) is 16.3. The lowest BCUT2D eigenvalue weighted by molar-refractivity contribution is -0.135. The second-order valence-electron chi connectivity index (χ2n) is 5.13. The van der Waals surface area contributed by atoms with Crippen molar-refractivity contribution in [3.05, 3.63) is 47.1 Å². The summed E-state index contributed by atoms with van der Waals surface area (Å²) in [6, 6.07) is 5.85. The lowest BCUT2D eigenvalue weighted by atomic mass is 10.0. The second kappa shape index (κ2) is 8.03. The van der Waals surface area contributed by atoms with Gasteiger partial charge in [-0.25, -0.2) is 9.59 Å². The van der Waals surface area contributed by atoms with Crippen molar-refractivity contribution in [2.24, 2.45) is 0 Å². The third-order valence-corrected chi connectivity index (χ3v) is 4.42. The molecule has 1 aromatic rings. The Morgan fingerprint density at radius 2 is 1.66 bits per heavy atom. The Hall–Kier alpha value is -3.22. The van der Waals surface area contributed by atoms with Gasteiger partial charge in [0.15, 0.2) is 5.76 Å². The number of benzene rings is 1. The van der Waals surface area contributed by atoms with Crippen LogP contribution >= 0.6 is 0 Å². The summed E-state index contributed by atoms with van der Waals surface area (Å²) in [7, 11) is -3.04. The third-order valence-electron chi connectivity index (χ3n) is 3.47. The van der Waals surface area contributed by atoms with Crippen molar-refractivity contribution in [1.29, 1.82) is 0 Å². The minimum atomic E-state index is -6.21. The van der Waals surface area contributed by atoms with Gasteiger partial charge in [0.2, 0.25) is 5.76 Å². The van der Waals surface area contributed by atoms with Crippen molar-refractivity contribution >= 4 is 27.6 Å². The molecule has 0 saturated heterocycles. The molecule has 1 aliphatic rings. The fourth-order valence-corrected chi connectivity index (χ4v) is 2.70. The Labute approximate surface area is 162 Å². The number of para-hydroxylation sites is 1. The van der Waals surface area contributed by atoms with Crippen LogP contribution < -0.4 is 4.74 Å². The van der Waals surface area contributed by atoms with E-state index in [1.54, 1.807) is 6.07 Å². The Bertz CT molecular complexity index is 1010. The molecule has 0 aliphatic carbocycles. The lowest BCUT2D eigenvalue weighted by Crippen LogP contribution is -2.26. The summed E-state index contributed by atoms with van der Waals surface area (Å²) >= 11 is 0. The fraction of sp³-hybridized carbons (Fsp3) is 0.250. The predicted octanol–water partition coefficient (Wildman–Crippen LogP) is 1.86. The first-order chi connectivity index (χ1) is 13.5. The van der Waals surface area contributed by atoms with Crippen molar-refractivity contribution in [2.75, 3.05) is 21.3 Å². The highest BCUT2D eigenvalue weighted by Gasteiger charge is 2.52. The van der Waals surface area contributed by atoms with Crippen LogP contribution in [0.1, 0.15) is 5.56 Å². The highest BCUT2D eigenvalue weighted by atomic mass is 32.2. The lowest BCUT2D eigenvalue weighted by Gasteiger charge is -2.13. The Morgan fingerprint density at radius 1 is 1.03 bits per heavy atom. The van der Waals surface area contributed by atoms with Crippen LogP contribution in [0.5, 0.6) is 5.75 Å². The quantitative estimate of drug-likeness (QED) is 0.284. The van der Waals surface area contributed by atoms with E-state index in [0.29, 0.717) is 0 Å². The van der Waals surface area contributed by atoms with E-state index in [0.717, 1.165) is 14.2 Å². The SMILES string of the molecule is COC(=O)C(=C1OC(=O)C(OS(=O)(=O)C(F)(F)F)=C1OC)c1ccccc1OC. The summed E-state index contributed by atoms with van der Waals surface area (Å²) in [5, 5.41) is 0. The summed E-state index contributed by atoms with van der Waals surface area (Å²) in [6.07, 6.45) is 0. The zero-order valence-electron chi connectivity index (χ0n) is 15.0. The van der Waals surface area contributed by atoms with Crippen molar-refractivity contribution in [2.45, 2.75) is 5.51 Å². The number of alkyl halides is 3. The number of carbonyl (C=O) groups is 2. The minimum absolute atomic E-state index is 0.0270. The number of rotatable bonds is 6. The molecule has 1 aromatic carbocycles. The molecule has 13 heteroatoms. The van der Waals surface area contributed by atoms with Crippen LogP contribution in [0.2, 0.25) is 0 Å². The molecule has 0 amide bonds. The summed E-state index contributed by atoms with van der Waals surface area (Å²) in [6.45, 7) is 0. The third kappa shape index (κ3) is 4.13. The van der Waals surface area contributed by atoms with Gasteiger partial charge in [-0.2, -0.15) is 21.6 Å². The smallest absolute Gasteiger partial charge is 0.496 e. The number of esters is 2. The molecule has 1 heterocycles. The van der Waals surface area contributed by atoms with Gasteiger partial charge >= 0.3 is 27.6 Å². The predicted molar refractivity (Wildman–Crippen MR) is 88.1 cm³/mol. The van der Waals surface area contributed by atoms with Crippen LogP contribution in [0.4, 0.5) is 13.2 Å². The molecule has 0 N–H and O–H groups in total. The van der Waals surface area contributed by atoms with E-state index >= 15 is 0 Å². The van der Waals surface area contributed by atoms with E-state index < -0.39 is 50.4 Å². The molecule has 0 aromatic heterocycles. The van der Waals surface area contributed by atoms with Crippen LogP contribution in [-0.4, -0.2) is 47.2 Å². The number of carbonyl (C=O) groups excluding carboxylic acids is 2. The van der Waals surface area contributed by atoms with Crippen LogP contribution in [0.3, 0.4) is 0 Å². The molecule has 0 unspecified atom stereocenters. The molecule has 158 valence electrons. The first kappa shape index (κ1) is 22.1. The first-order valence-corrected chi connectivity index (χ1v) is 8.86. The highest BCUT2D eigenvalue weighted by Crippen LogP contribution is 2.39. The highest BCUT2D eigenvalue weighted by molar-refractivity contribution is 7.87. The molecule has 0 spiro atoms. The fourth-order valence-electron chi connectivity index (χ4n) is 2.24. The number of methoxy groups -OCH3 is 3. The summed E-state index contributed by atoms with van der Waals surface area (Å²) < 4.78 is 83.6. The summed E-state index contributed by atoms with van der Waals surface area (Å²) in [5.74, 6) is -5.55. The molecule has 0 saturated carbocycles. The minimum Gasteiger partial charge on any atom is -0.496 e. The number of halogens is 3. The molecule has 2 rings (SSSR count). The Morgan fingerprint density at radius 3 is 2.17 bits per heavy atom. The van der Waals surface area contributed by atoms with E-state index in [-0.39, 0.29) is 11.3 Å². The monoisotopic (exact) mass is 438 g/mol. The van der Waals surface area contributed by atoms with Gasteiger partial charge in [0.05, 0.1) is 21.3 Å². The number of hydrogen-bond donors (Lipinski definition) is 0. The maximum Gasteiger partial charge on any atom is 0.534 e. The maximum atomic E-state index is 12.6. The average molecular weight is 438 g/mol. The molecular weight excluding hydrogens is 425 g/mol. The van der Waals surface area contributed by atoms with Crippen LogP contribution in [0, 0.1) is 0 Å². The second-order valence-corrected chi connectivity index (χ2v) is 6.67. The van der Waals surface area contributed by atoms with Gasteiger partial charge in [0.1, 0.15) is 11.3 Å². The van der Waals surface area contributed by atoms with E-state index in [9.17, 15) is 31.2 Å². The number of ether oxygens (including phenoxy) is 4. The molecule has 0 atom stereocenters. The van der Waals surface area contributed by atoms with E-state index in [1.165, 1.54) is 25.3 Å². The maximum absolute atomic E-state index is 12.6. The largest absolute Gasteiger partial charge is 0.534 e. The van der Waals surface area contributed by atoms with Crippen molar-refractivity contribution in [1.82, 2.24) is 0 Å². The standard InChI is InChI=1S/C16H13F3O9S/c1-24-9-7-5-4-6-8(9)10(14(20)26-3)11-12(25-2)13(15(21)27-11)28-29(22,23)16(17,18)19/h4-7H,1-3H3. The van der Waals surface area contributed by atoms with Crippen molar-refractivity contribution in [3.8, 4) is 5.75 Å². The molecule has 0 bridgehead atoms. The van der Waals surface area contributed by atoms with Crippen LogP contribution in [-0.2, 0) is 38.1 Å². The van der Waals surface area contributed by atoms with Crippen LogP contribution in [0.25, 0.3) is 5.57 Å².